The van der Waals surface area contributed by atoms with E-state index < -0.39 is 4.92 Å². The molecule has 0 aliphatic heterocycles. The smallest absolute Gasteiger partial charge is 0.273 e. The Bertz CT molecular complexity index is 741. The van der Waals surface area contributed by atoms with E-state index in [1.165, 1.54) is 25.3 Å². The lowest BCUT2D eigenvalue weighted by Gasteiger charge is -2.11. The van der Waals surface area contributed by atoms with Gasteiger partial charge in [-0.05, 0) is 44.2 Å². The van der Waals surface area contributed by atoms with Gasteiger partial charge in [0.1, 0.15) is 11.5 Å². The number of hydrogen-bond acceptors (Lipinski definition) is 5. The van der Waals surface area contributed by atoms with Crippen LogP contribution in [-0.2, 0) is 0 Å². The van der Waals surface area contributed by atoms with Gasteiger partial charge in [-0.1, -0.05) is 0 Å². The molecule has 7 heteroatoms. The second-order valence-corrected chi connectivity index (χ2v) is 5.29. The number of non-ortho nitro benzene ring substituents is 1. The van der Waals surface area contributed by atoms with Crippen molar-refractivity contribution >= 4 is 17.3 Å². The number of carbonyl (C=O) groups is 1. The molecule has 0 heterocycles. The van der Waals surface area contributed by atoms with Crippen LogP contribution < -0.4 is 14.8 Å². The van der Waals surface area contributed by atoms with Crippen molar-refractivity contribution in [3.8, 4) is 11.5 Å². The largest absolute Gasteiger partial charge is 0.494 e. The van der Waals surface area contributed by atoms with Crippen molar-refractivity contribution < 1.29 is 19.2 Å². The number of nitro benzene ring substituents is 1. The van der Waals surface area contributed by atoms with Crippen molar-refractivity contribution in [1.29, 1.82) is 0 Å². The van der Waals surface area contributed by atoms with Crippen LogP contribution >= 0.6 is 0 Å². The van der Waals surface area contributed by atoms with Crippen molar-refractivity contribution in [2.75, 3.05) is 12.4 Å². The molecule has 0 aliphatic rings. The molecule has 126 valence electrons. The molecule has 1 N–H and O–H groups in total. The highest BCUT2D eigenvalue weighted by atomic mass is 16.6. The van der Waals surface area contributed by atoms with Gasteiger partial charge in [0.2, 0.25) is 0 Å². The number of rotatable bonds is 6. The maximum atomic E-state index is 12.3. The van der Waals surface area contributed by atoms with Gasteiger partial charge in [-0.2, -0.15) is 0 Å². The van der Waals surface area contributed by atoms with Crippen LogP contribution in [0.1, 0.15) is 24.2 Å². The SMILES string of the molecule is COc1cc([N+](=O)[O-])ccc1NC(=O)c1ccc(OC(C)C)cc1. The van der Waals surface area contributed by atoms with E-state index in [4.69, 9.17) is 9.47 Å². The second kappa shape index (κ2) is 7.45. The number of nitrogens with zero attached hydrogens (tertiary/aromatic N) is 1. The molecule has 2 rings (SSSR count). The van der Waals surface area contributed by atoms with Crippen molar-refractivity contribution in [2.45, 2.75) is 20.0 Å². The van der Waals surface area contributed by atoms with Crippen LogP contribution in [0.5, 0.6) is 11.5 Å². The van der Waals surface area contributed by atoms with Crippen LogP contribution in [-0.4, -0.2) is 24.0 Å². The van der Waals surface area contributed by atoms with Crippen LogP contribution in [0.4, 0.5) is 11.4 Å². The summed E-state index contributed by atoms with van der Waals surface area (Å²) in [5, 5.41) is 13.5. The molecule has 7 nitrogen and oxygen atoms in total. The zero-order valence-corrected chi connectivity index (χ0v) is 13.6. The zero-order chi connectivity index (χ0) is 17.7. The summed E-state index contributed by atoms with van der Waals surface area (Å²) in [7, 11) is 1.38. The molecule has 0 radical (unpaired) electrons. The Morgan fingerprint density at radius 2 is 1.83 bits per heavy atom. The predicted octanol–water partition coefficient (Wildman–Crippen LogP) is 3.64. The number of methoxy groups -OCH3 is 1. The summed E-state index contributed by atoms with van der Waals surface area (Å²) in [5.74, 6) is 0.546. The number of nitro groups is 1. The maximum absolute atomic E-state index is 12.3. The summed E-state index contributed by atoms with van der Waals surface area (Å²) in [6.07, 6.45) is 0.0500. The van der Waals surface area contributed by atoms with Crippen LogP contribution in [0, 0.1) is 10.1 Å². The molecule has 2 aromatic rings. The molecule has 0 aromatic heterocycles. The summed E-state index contributed by atoms with van der Waals surface area (Å²) in [6.45, 7) is 3.84. The van der Waals surface area contributed by atoms with Gasteiger partial charge in [-0.3, -0.25) is 14.9 Å². The Hall–Kier alpha value is -3.09. The molecule has 0 saturated carbocycles. The minimum absolute atomic E-state index is 0.0500. The zero-order valence-electron chi connectivity index (χ0n) is 13.6. The molecular formula is C17H18N2O5. The number of benzene rings is 2. The second-order valence-electron chi connectivity index (χ2n) is 5.29. The highest BCUT2D eigenvalue weighted by molar-refractivity contribution is 6.05. The van der Waals surface area contributed by atoms with E-state index >= 15 is 0 Å². The third kappa shape index (κ3) is 4.22. The topological polar surface area (TPSA) is 90.7 Å². The number of hydrogen-bond donors (Lipinski definition) is 1. The van der Waals surface area contributed by atoms with E-state index in [9.17, 15) is 14.9 Å². The quantitative estimate of drug-likeness (QED) is 0.645. The van der Waals surface area contributed by atoms with Crippen LogP contribution in [0.3, 0.4) is 0 Å². The number of amides is 1. The molecule has 0 spiro atoms. The number of ether oxygens (including phenoxy) is 2. The minimum Gasteiger partial charge on any atom is -0.494 e. The first-order chi connectivity index (χ1) is 11.4. The van der Waals surface area contributed by atoms with E-state index in [0.29, 0.717) is 17.0 Å². The summed E-state index contributed by atoms with van der Waals surface area (Å²) >= 11 is 0. The standard InChI is InChI=1S/C17H18N2O5/c1-11(2)24-14-7-4-12(5-8-14)17(20)18-15-9-6-13(19(21)22)10-16(15)23-3/h4-11H,1-3H3,(H,18,20). The Balaban J connectivity index is 2.15. The third-order valence-electron chi connectivity index (χ3n) is 3.13. The summed E-state index contributed by atoms with van der Waals surface area (Å²) < 4.78 is 10.6. The van der Waals surface area contributed by atoms with E-state index in [2.05, 4.69) is 5.32 Å². The average Bonchev–Trinajstić information content (AvgIpc) is 2.55. The summed E-state index contributed by atoms with van der Waals surface area (Å²) in [4.78, 5) is 22.6. The average molecular weight is 330 g/mol. The first kappa shape index (κ1) is 17.3. The predicted molar refractivity (Wildman–Crippen MR) is 89.8 cm³/mol. The Morgan fingerprint density at radius 3 is 2.38 bits per heavy atom. The monoisotopic (exact) mass is 330 g/mol. The first-order valence-corrected chi connectivity index (χ1v) is 7.31. The van der Waals surface area contributed by atoms with Gasteiger partial charge in [-0.15, -0.1) is 0 Å². The van der Waals surface area contributed by atoms with Gasteiger partial charge in [-0.25, -0.2) is 0 Å². The van der Waals surface area contributed by atoms with Gasteiger partial charge >= 0.3 is 0 Å². The van der Waals surface area contributed by atoms with Gasteiger partial charge in [0.25, 0.3) is 11.6 Å². The van der Waals surface area contributed by atoms with E-state index in [1.807, 2.05) is 13.8 Å². The number of nitrogens with one attached hydrogen (secondary N) is 1. The van der Waals surface area contributed by atoms with Crippen LogP contribution in [0.25, 0.3) is 0 Å². The fourth-order valence-corrected chi connectivity index (χ4v) is 2.05. The summed E-state index contributed by atoms with van der Waals surface area (Å²) in [6, 6.07) is 10.7. The third-order valence-corrected chi connectivity index (χ3v) is 3.13. The number of anilines is 1. The molecule has 0 atom stereocenters. The van der Waals surface area contributed by atoms with Gasteiger partial charge in [0.15, 0.2) is 0 Å². The van der Waals surface area contributed by atoms with Gasteiger partial charge in [0.05, 0.1) is 29.9 Å². The van der Waals surface area contributed by atoms with Gasteiger partial charge in [0, 0.05) is 11.6 Å². The molecule has 0 bridgehead atoms. The lowest BCUT2D eigenvalue weighted by molar-refractivity contribution is -0.384. The molecule has 1 amide bonds. The lowest BCUT2D eigenvalue weighted by atomic mass is 10.2. The Labute approximate surface area is 139 Å². The number of carbonyl (C=O) groups excluding carboxylic acids is 1. The molecule has 0 saturated heterocycles. The minimum atomic E-state index is -0.526. The molecule has 2 aromatic carbocycles. The normalized spacial score (nSPS) is 10.3. The van der Waals surface area contributed by atoms with Gasteiger partial charge < -0.3 is 14.8 Å². The Kier molecular flexibility index (Phi) is 5.36. The van der Waals surface area contributed by atoms with E-state index in [1.54, 1.807) is 24.3 Å². The van der Waals surface area contributed by atoms with Crippen molar-refractivity contribution in [2.24, 2.45) is 0 Å². The van der Waals surface area contributed by atoms with Crippen molar-refractivity contribution in [3.63, 3.8) is 0 Å². The van der Waals surface area contributed by atoms with E-state index in [-0.39, 0.29) is 23.4 Å². The van der Waals surface area contributed by atoms with Crippen molar-refractivity contribution in [3.05, 3.63) is 58.1 Å². The Morgan fingerprint density at radius 1 is 1.17 bits per heavy atom. The molecule has 0 unspecified atom stereocenters. The van der Waals surface area contributed by atoms with Crippen LogP contribution in [0.15, 0.2) is 42.5 Å². The fraction of sp³-hybridized carbons (Fsp3) is 0.235. The molecule has 0 fully saturated rings. The molecular weight excluding hydrogens is 312 g/mol. The molecule has 24 heavy (non-hydrogen) atoms. The highest BCUT2D eigenvalue weighted by Gasteiger charge is 2.14. The first-order valence-electron chi connectivity index (χ1n) is 7.31. The summed E-state index contributed by atoms with van der Waals surface area (Å²) in [5.41, 5.74) is 0.683. The molecule has 0 aliphatic carbocycles. The van der Waals surface area contributed by atoms with E-state index in [0.717, 1.165) is 0 Å². The van der Waals surface area contributed by atoms with Crippen LogP contribution in [0.2, 0.25) is 0 Å². The van der Waals surface area contributed by atoms with Crippen molar-refractivity contribution in [1.82, 2.24) is 0 Å². The maximum Gasteiger partial charge on any atom is 0.273 e. The lowest BCUT2D eigenvalue weighted by Crippen LogP contribution is -2.13. The fourth-order valence-electron chi connectivity index (χ4n) is 2.05. The highest BCUT2D eigenvalue weighted by Crippen LogP contribution is 2.29.